The van der Waals surface area contributed by atoms with E-state index in [-0.39, 0.29) is 5.41 Å². The SMILES string of the molecule is CC(C)(C)c1cccc(C2CCNCC2)c1O. The molecule has 2 N–H and O–H groups in total. The van der Waals surface area contributed by atoms with Crippen molar-refractivity contribution in [1.29, 1.82) is 0 Å². The zero-order valence-electron chi connectivity index (χ0n) is 11.1. The van der Waals surface area contributed by atoms with E-state index >= 15 is 0 Å². The van der Waals surface area contributed by atoms with Gasteiger partial charge in [0.25, 0.3) is 0 Å². The molecule has 1 saturated heterocycles. The fourth-order valence-corrected chi connectivity index (χ4v) is 2.63. The minimum atomic E-state index is 0.00695. The smallest absolute Gasteiger partial charge is 0.122 e. The number of rotatable bonds is 1. The molecule has 0 aliphatic carbocycles. The van der Waals surface area contributed by atoms with Gasteiger partial charge in [-0.15, -0.1) is 0 Å². The van der Waals surface area contributed by atoms with Crippen molar-refractivity contribution < 1.29 is 5.11 Å². The summed E-state index contributed by atoms with van der Waals surface area (Å²) < 4.78 is 0. The summed E-state index contributed by atoms with van der Waals surface area (Å²) in [5, 5.41) is 13.8. The molecule has 94 valence electrons. The van der Waals surface area contributed by atoms with E-state index in [1.165, 1.54) is 0 Å². The number of nitrogens with one attached hydrogen (secondary N) is 1. The molecular formula is C15H23NO. The molecule has 0 amide bonds. The van der Waals surface area contributed by atoms with E-state index in [2.05, 4.69) is 38.2 Å². The summed E-state index contributed by atoms with van der Waals surface area (Å²) in [6.07, 6.45) is 2.25. The third-order valence-corrected chi connectivity index (χ3v) is 3.65. The summed E-state index contributed by atoms with van der Waals surface area (Å²) in [5.74, 6) is 1.03. The topological polar surface area (TPSA) is 32.3 Å². The van der Waals surface area contributed by atoms with E-state index in [0.29, 0.717) is 11.7 Å². The zero-order chi connectivity index (χ0) is 12.5. The lowest BCUT2D eigenvalue weighted by molar-refractivity contribution is 0.410. The van der Waals surface area contributed by atoms with E-state index < -0.39 is 0 Å². The molecule has 0 atom stereocenters. The monoisotopic (exact) mass is 233 g/mol. The Hall–Kier alpha value is -1.02. The van der Waals surface area contributed by atoms with Crippen molar-refractivity contribution in [2.24, 2.45) is 0 Å². The maximum absolute atomic E-state index is 10.5. The van der Waals surface area contributed by atoms with Gasteiger partial charge in [-0.05, 0) is 48.4 Å². The van der Waals surface area contributed by atoms with Gasteiger partial charge in [0.05, 0.1) is 0 Å². The second kappa shape index (κ2) is 4.69. The molecule has 1 aliphatic rings. The molecular weight excluding hydrogens is 210 g/mol. The molecule has 0 bridgehead atoms. The molecule has 1 aliphatic heterocycles. The Balaban J connectivity index is 2.35. The number of phenolic OH excluding ortho intramolecular Hbond substituents is 1. The van der Waals surface area contributed by atoms with Gasteiger partial charge in [-0.25, -0.2) is 0 Å². The van der Waals surface area contributed by atoms with E-state index in [1.54, 1.807) is 0 Å². The van der Waals surface area contributed by atoms with Crippen molar-refractivity contribution in [3.63, 3.8) is 0 Å². The predicted molar refractivity (Wildman–Crippen MR) is 71.7 cm³/mol. The van der Waals surface area contributed by atoms with Crippen LogP contribution in [0.3, 0.4) is 0 Å². The Morgan fingerprint density at radius 1 is 1.18 bits per heavy atom. The number of hydrogen-bond donors (Lipinski definition) is 2. The number of benzene rings is 1. The maximum Gasteiger partial charge on any atom is 0.122 e. The van der Waals surface area contributed by atoms with Crippen molar-refractivity contribution >= 4 is 0 Å². The first-order valence-electron chi connectivity index (χ1n) is 6.53. The highest BCUT2D eigenvalue weighted by molar-refractivity contribution is 5.45. The van der Waals surface area contributed by atoms with Gasteiger partial charge >= 0.3 is 0 Å². The largest absolute Gasteiger partial charge is 0.507 e. The Kier molecular flexibility index (Phi) is 3.43. The van der Waals surface area contributed by atoms with Crippen LogP contribution in [0.5, 0.6) is 5.75 Å². The van der Waals surface area contributed by atoms with Crippen LogP contribution in [-0.4, -0.2) is 18.2 Å². The van der Waals surface area contributed by atoms with Crippen LogP contribution < -0.4 is 5.32 Å². The van der Waals surface area contributed by atoms with Crippen LogP contribution >= 0.6 is 0 Å². The van der Waals surface area contributed by atoms with Gasteiger partial charge in [0.2, 0.25) is 0 Å². The van der Waals surface area contributed by atoms with E-state index in [0.717, 1.165) is 37.1 Å². The molecule has 17 heavy (non-hydrogen) atoms. The van der Waals surface area contributed by atoms with Gasteiger partial charge in [0.15, 0.2) is 0 Å². The molecule has 2 rings (SSSR count). The van der Waals surface area contributed by atoms with Crippen molar-refractivity contribution in [2.45, 2.75) is 44.9 Å². The third-order valence-electron chi connectivity index (χ3n) is 3.65. The normalized spacial score (nSPS) is 18.3. The summed E-state index contributed by atoms with van der Waals surface area (Å²) in [4.78, 5) is 0. The van der Waals surface area contributed by atoms with Gasteiger partial charge in [-0.3, -0.25) is 0 Å². The lowest BCUT2D eigenvalue weighted by Gasteiger charge is -2.27. The third kappa shape index (κ3) is 2.63. The quantitative estimate of drug-likeness (QED) is 0.781. The summed E-state index contributed by atoms with van der Waals surface area (Å²) in [6.45, 7) is 8.56. The van der Waals surface area contributed by atoms with Gasteiger partial charge in [0, 0.05) is 0 Å². The first-order valence-corrected chi connectivity index (χ1v) is 6.53. The van der Waals surface area contributed by atoms with Crippen molar-refractivity contribution in [2.75, 3.05) is 13.1 Å². The number of piperidine rings is 1. The molecule has 1 aromatic carbocycles. The first kappa shape index (κ1) is 12.4. The molecule has 2 nitrogen and oxygen atoms in total. The molecule has 0 radical (unpaired) electrons. The number of hydrogen-bond acceptors (Lipinski definition) is 2. The first-order chi connectivity index (χ1) is 8.00. The second-order valence-corrected chi connectivity index (χ2v) is 6.02. The van der Waals surface area contributed by atoms with E-state index in [9.17, 15) is 5.11 Å². The van der Waals surface area contributed by atoms with Crippen molar-refractivity contribution in [1.82, 2.24) is 5.32 Å². The summed E-state index contributed by atoms with van der Waals surface area (Å²) >= 11 is 0. The lowest BCUT2D eigenvalue weighted by Crippen LogP contribution is -2.27. The predicted octanol–water partition coefficient (Wildman–Crippen LogP) is 3.16. The second-order valence-electron chi connectivity index (χ2n) is 6.02. The Labute approximate surface area is 104 Å². The number of phenols is 1. The van der Waals surface area contributed by atoms with Gasteiger partial charge < -0.3 is 10.4 Å². The highest BCUT2D eigenvalue weighted by Gasteiger charge is 2.24. The van der Waals surface area contributed by atoms with Crippen LogP contribution in [0.25, 0.3) is 0 Å². The minimum Gasteiger partial charge on any atom is -0.507 e. The van der Waals surface area contributed by atoms with Crippen LogP contribution in [0.2, 0.25) is 0 Å². The fraction of sp³-hybridized carbons (Fsp3) is 0.600. The Morgan fingerprint density at radius 2 is 1.82 bits per heavy atom. The Bertz CT molecular complexity index is 386. The average Bonchev–Trinajstić information content (AvgIpc) is 2.29. The average molecular weight is 233 g/mol. The molecule has 1 fully saturated rings. The molecule has 2 heteroatoms. The maximum atomic E-state index is 10.5. The number of para-hydroxylation sites is 1. The standard InChI is InChI=1S/C15H23NO/c1-15(2,3)13-6-4-5-12(14(13)17)11-7-9-16-10-8-11/h4-6,11,16-17H,7-10H2,1-3H3. The van der Waals surface area contributed by atoms with Crippen LogP contribution in [0, 0.1) is 0 Å². The summed E-state index contributed by atoms with van der Waals surface area (Å²) in [6, 6.07) is 6.21. The molecule has 0 saturated carbocycles. The van der Waals surface area contributed by atoms with Crippen LogP contribution in [0.4, 0.5) is 0 Å². The Morgan fingerprint density at radius 3 is 2.41 bits per heavy atom. The minimum absolute atomic E-state index is 0.00695. The van der Waals surface area contributed by atoms with Crippen LogP contribution in [-0.2, 0) is 5.41 Å². The summed E-state index contributed by atoms with van der Waals surface area (Å²) in [7, 11) is 0. The fourth-order valence-electron chi connectivity index (χ4n) is 2.63. The molecule has 0 spiro atoms. The van der Waals surface area contributed by atoms with Crippen LogP contribution in [0.1, 0.15) is 50.7 Å². The molecule has 1 heterocycles. The van der Waals surface area contributed by atoms with Crippen molar-refractivity contribution in [3.05, 3.63) is 29.3 Å². The van der Waals surface area contributed by atoms with Gasteiger partial charge in [-0.2, -0.15) is 0 Å². The van der Waals surface area contributed by atoms with Gasteiger partial charge in [0.1, 0.15) is 5.75 Å². The highest BCUT2D eigenvalue weighted by Crippen LogP contribution is 2.38. The van der Waals surface area contributed by atoms with E-state index in [1.807, 2.05) is 6.07 Å². The van der Waals surface area contributed by atoms with E-state index in [4.69, 9.17) is 0 Å². The zero-order valence-corrected chi connectivity index (χ0v) is 11.1. The van der Waals surface area contributed by atoms with Crippen LogP contribution in [0.15, 0.2) is 18.2 Å². The lowest BCUT2D eigenvalue weighted by atomic mass is 9.81. The molecule has 1 aromatic rings. The summed E-state index contributed by atoms with van der Waals surface area (Å²) in [5.41, 5.74) is 2.21. The highest BCUT2D eigenvalue weighted by atomic mass is 16.3. The molecule has 0 aromatic heterocycles. The van der Waals surface area contributed by atoms with Crippen molar-refractivity contribution in [3.8, 4) is 5.75 Å². The van der Waals surface area contributed by atoms with Gasteiger partial charge in [-0.1, -0.05) is 39.0 Å². The number of aromatic hydroxyl groups is 1. The molecule has 0 unspecified atom stereocenters.